The fourth-order valence-electron chi connectivity index (χ4n) is 4.20. The van der Waals surface area contributed by atoms with Crippen LogP contribution in [0.1, 0.15) is 49.9 Å². The van der Waals surface area contributed by atoms with Crippen LogP contribution in [0.2, 0.25) is 0 Å². The Morgan fingerprint density at radius 3 is 1.89 bits per heavy atom. The molecular weight excluding hydrogens is 468 g/mol. The van der Waals surface area contributed by atoms with Crippen LogP contribution in [-0.2, 0) is 35.9 Å². The number of aliphatic hydroxyl groups is 2. The fourth-order valence-corrected chi connectivity index (χ4v) is 4.20. The van der Waals surface area contributed by atoms with Crippen LogP contribution < -0.4 is 9.80 Å². The molecular formula is C26H40N2O8+2. The molecule has 0 saturated carbocycles. The van der Waals surface area contributed by atoms with Gasteiger partial charge in [-0.05, 0) is 42.3 Å². The molecule has 0 fully saturated rings. The minimum absolute atomic E-state index is 0. The minimum Gasteiger partial charge on any atom is -0.507 e. The predicted molar refractivity (Wildman–Crippen MR) is 133 cm³/mol. The number of rotatable bonds is 14. The Labute approximate surface area is 211 Å². The van der Waals surface area contributed by atoms with Crippen molar-refractivity contribution >= 4 is 11.9 Å². The Morgan fingerprint density at radius 1 is 0.806 bits per heavy atom. The molecule has 36 heavy (non-hydrogen) atoms. The zero-order chi connectivity index (χ0) is 26.1. The molecule has 4 unspecified atom stereocenters. The number of aromatic hydroxyl groups is 2. The first-order chi connectivity index (χ1) is 16.6. The predicted octanol–water partition coefficient (Wildman–Crippen LogP) is -0.475. The van der Waals surface area contributed by atoms with Crippen LogP contribution in [0.25, 0.3) is 0 Å². The molecule has 0 aromatic heterocycles. The van der Waals surface area contributed by atoms with Crippen LogP contribution in [0.15, 0.2) is 36.4 Å². The van der Waals surface area contributed by atoms with Gasteiger partial charge >= 0.3 is 11.9 Å². The number of carbonyl (C=O) groups is 2. The second kappa shape index (κ2) is 14.4. The Morgan fingerprint density at radius 2 is 1.36 bits per heavy atom. The zero-order valence-corrected chi connectivity index (χ0v) is 20.1. The van der Waals surface area contributed by atoms with Crippen molar-refractivity contribution in [3.63, 3.8) is 0 Å². The average molecular weight is 509 g/mol. The van der Waals surface area contributed by atoms with E-state index in [1.807, 2.05) is 0 Å². The molecule has 2 aromatic carbocycles. The summed E-state index contributed by atoms with van der Waals surface area (Å²) in [5, 5.41) is 58.8. The Hall–Kier alpha value is -3.18. The zero-order valence-electron chi connectivity index (χ0n) is 20.1. The number of hydrogen-bond donors (Lipinski definition) is 8. The molecule has 0 amide bonds. The Kier molecular flexibility index (Phi) is 12.3. The van der Waals surface area contributed by atoms with Crippen molar-refractivity contribution in [2.24, 2.45) is 0 Å². The summed E-state index contributed by atoms with van der Waals surface area (Å²) in [6.07, 6.45) is 0.337. The van der Waals surface area contributed by atoms with Gasteiger partial charge in [0.05, 0.1) is 13.2 Å². The van der Waals surface area contributed by atoms with E-state index in [0.29, 0.717) is 45.0 Å². The van der Waals surface area contributed by atoms with E-state index in [4.69, 9.17) is 0 Å². The first-order valence-corrected chi connectivity index (χ1v) is 11.6. The number of aliphatic hydroxyl groups excluding tert-OH is 2. The first-order valence-electron chi connectivity index (χ1n) is 11.6. The highest BCUT2D eigenvalue weighted by atomic mass is 16.4. The summed E-state index contributed by atoms with van der Waals surface area (Å²) in [7, 11) is 0. The molecule has 0 aliphatic carbocycles. The van der Waals surface area contributed by atoms with Crippen LogP contribution in [-0.4, -0.2) is 67.8 Å². The molecule has 0 aliphatic heterocycles. The molecule has 0 radical (unpaired) electrons. The van der Waals surface area contributed by atoms with E-state index in [2.05, 4.69) is 0 Å². The third-order valence-corrected chi connectivity index (χ3v) is 6.44. The normalized spacial score (nSPS) is 14.3. The van der Waals surface area contributed by atoms with Gasteiger partial charge in [0.15, 0.2) is 12.1 Å². The molecule has 10 nitrogen and oxygen atoms in total. The molecule has 10 heteroatoms. The molecule has 0 saturated heterocycles. The number of quaternary nitrogens is 2. The van der Waals surface area contributed by atoms with Crippen LogP contribution in [0.3, 0.4) is 0 Å². The third kappa shape index (κ3) is 8.20. The van der Waals surface area contributed by atoms with Gasteiger partial charge in [-0.15, -0.1) is 0 Å². The summed E-state index contributed by atoms with van der Waals surface area (Å²) < 4.78 is 0. The number of phenols is 2. The molecule has 0 heterocycles. The fraction of sp³-hybridized carbons (Fsp3) is 0.462. The van der Waals surface area contributed by atoms with Crippen molar-refractivity contribution < 1.29 is 50.0 Å². The number of aliphatic carboxylic acids is 2. The van der Waals surface area contributed by atoms with Gasteiger partial charge in [-0.25, -0.2) is 9.59 Å². The summed E-state index contributed by atoms with van der Waals surface area (Å²) in [4.78, 5) is 25.0. The molecule has 2 aromatic rings. The van der Waals surface area contributed by atoms with Crippen molar-refractivity contribution in [1.82, 2.24) is 0 Å². The quantitative estimate of drug-likeness (QED) is 0.170. The van der Waals surface area contributed by atoms with Crippen molar-refractivity contribution in [3.8, 4) is 11.5 Å². The molecule has 2 rings (SSSR count). The first kappa shape index (κ1) is 30.9. The third-order valence-electron chi connectivity index (χ3n) is 6.44. The highest BCUT2D eigenvalue weighted by molar-refractivity contribution is 5.71. The van der Waals surface area contributed by atoms with E-state index < -0.39 is 24.0 Å². The van der Waals surface area contributed by atoms with Gasteiger partial charge in [0.25, 0.3) is 0 Å². The average Bonchev–Trinajstić information content (AvgIpc) is 2.83. The van der Waals surface area contributed by atoms with Crippen LogP contribution in [0.4, 0.5) is 0 Å². The maximum Gasteiger partial charge on any atom is 0.362 e. The van der Waals surface area contributed by atoms with Gasteiger partial charge in [-0.2, -0.15) is 0 Å². The van der Waals surface area contributed by atoms with Crippen LogP contribution in [0.5, 0.6) is 11.5 Å². The van der Waals surface area contributed by atoms with Gasteiger partial charge in [-0.1, -0.05) is 26.5 Å². The van der Waals surface area contributed by atoms with Crippen molar-refractivity contribution in [2.45, 2.75) is 66.1 Å². The molecule has 0 spiro atoms. The van der Waals surface area contributed by atoms with Gasteiger partial charge in [0.2, 0.25) is 0 Å². The number of benzene rings is 2. The summed E-state index contributed by atoms with van der Waals surface area (Å²) in [6, 6.07) is 7.80. The largest absolute Gasteiger partial charge is 0.507 e. The smallest absolute Gasteiger partial charge is 0.362 e. The molecule has 8 N–H and O–H groups in total. The van der Waals surface area contributed by atoms with Crippen LogP contribution in [0, 0.1) is 0 Å². The Bertz CT molecular complexity index is 1010. The maximum atomic E-state index is 12.0. The van der Waals surface area contributed by atoms with E-state index in [1.54, 1.807) is 38.1 Å². The number of hydrogen-bond acceptors (Lipinski definition) is 6. The lowest BCUT2D eigenvalue weighted by atomic mass is 10.1. The topological polar surface area (TPSA) is 164 Å². The number of carboxylic acids is 2. The lowest BCUT2D eigenvalue weighted by Crippen LogP contribution is -3.23. The van der Waals surface area contributed by atoms with Crippen molar-refractivity contribution in [3.05, 3.63) is 58.7 Å². The van der Waals surface area contributed by atoms with E-state index in [0.717, 1.165) is 0 Å². The summed E-state index contributed by atoms with van der Waals surface area (Å²) in [5.41, 5.74) is 2.14. The second-order valence-electron chi connectivity index (χ2n) is 8.77. The van der Waals surface area contributed by atoms with Gasteiger partial charge in [0, 0.05) is 17.5 Å². The molecule has 200 valence electrons. The Balaban J connectivity index is 0.00000648. The van der Waals surface area contributed by atoms with Gasteiger partial charge in [0.1, 0.15) is 37.7 Å². The second-order valence-corrected chi connectivity index (χ2v) is 8.77. The van der Waals surface area contributed by atoms with E-state index in [-0.39, 0.29) is 51.8 Å². The van der Waals surface area contributed by atoms with E-state index >= 15 is 0 Å². The SMILES string of the molecule is C.CCC(C(=O)O)[NH+](CC[NH+](Cc1cc(CO)ccc1O)C(C)C(=O)O)Cc1ccc(CO)cc1O. The van der Waals surface area contributed by atoms with Gasteiger partial charge < -0.3 is 40.4 Å². The highest BCUT2D eigenvalue weighted by Crippen LogP contribution is 2.19. The standard InChI is InChI=1S/C25H34N2O8.CH4/c1-3-21(25(34)35)27(12-19-6-4-18(15-29)11-23(19)31)9-8-26(16(2)24(32)33)13-20-10-17(14-28)5-7-22(20)30;/h4-7,10-11,16,21,28-31H,3,8-9,12-15H2,1-2H3,(H,32,33)(H,34,35);1H4/p+2. The number of phenolic OH excluding ortho intramolecular Hbond substituents is 2. The molecule has 0 bridgehead atoms. The van der Waals surface area contributed by atoms with E-state index in [9.17, 15) is 40.2 Å². The number of nitrogens with one attached hydrogen (secondary N) is 2. The minimum atomic E-state index is -1.03. The monoisotopic (exact) mass is 508 g/mol. The lowest BCUT2D eigenvalue weighted by Gasteiger charge is -2.29. The van der Waals surface area contributed by atoms with Crippen molar-refractivity contribution in [2.75, 3.05) is 13.1 Å². The van der Waals surface area contributed by atoms with Gasteiger partial charge in [-0.3, -0.25) is 0 Å². The van der Waals surface area contributed by atoms with Crippen molar-refractivity contribution in [1.29, 1.82) is 0 Å². The molecule has 4 atom stereocenters. The summed E-state index contributed by atoms with van der Waals surface area (Å²) >= 11 is 0. The summed E-state index contributed by atoms with van der Waals surface area (Å²) in [6.45, 7) is 3.80. The lowest BCUT2D eigenvalue weighted by molar-refractivity contribution is -0.985. The van der Waals surface area contributed by atoms with E-state index in [1.165, 1.54) is 12.1 Å². The maximum absolute atomic E-state index is 12.0. The number of carboxylic acid groups (broad SMARTS) is 2. The summed E-state index contributed by atoms with van der Waals surface area (Å²) in [5.74, 6) is -2.06. The van der Waals surface area contributed by atoms with Crippen LogP contribution >= 0.6 is 0 Å². The highest BCUT2D eigenvalue weighted by Gasteiger charge is 2.32. The molecule has 0 aliphatic rings.